The van der Waals surface area contributed by atoms with Crippen molar-refractivity contribution in [2.45, 2.75) is 6.92 Å². The molecule has 6 nitrogen and oxygen atoms in total. The summed E-state index contributed by atoms with van der Waals surface area (Å²) in [5.74, 6) is 0.511. The van der Waals surface area contributed by atoms with Gasteiger partial charge in [0.1, 0.15) is 17.2 Å². The number of rotatable bonds is 5. The van der Waals surface area contributed by atoms with Crippen LogP contribution in [0.3, 0.4) is 0 Å². The van der Waals surface area contributed by atoms with Crippen LogP contribution in [-0.2, 0) is 4.79 Å². The molecule has 130 valence electrons. The van der Waals surface area contributed by atoms with Gasteiger partial charge in [-0.25, -0.2) is 4.98 Å². The third-order valence-electron chi connectivity index (χ3n) is 3.63. The Hall–Kier alpha value is -3.54. The summed E-state index contributed by atoms with van der Waals surface area (Å²) in [5.41, 5.74) is 2.07. The number of methoxy groups -OCH3 is 1. The monoisotopic (exact) mass is 348 g/mol. The van der Waals surface area contributed by atoms with Crippen LogP contribution >= 0.6 is 0 Å². The fourth-order valence-electron chi connectivity index (χ4n) is 2.36. The summed E-state index contributed by atoms with van der Waals surface area (Å²) >= 11 is 0. The molecule has 0 radical (unpaired) electrons. The van der Waals surface area contributed by atoms with Gasteiger partial charge in [0.25, 0.3) is 0 Å². The predicted octanol–water partition coefficient (Wildman–Crippen LogP) is 3.31. The first kappa shape index (κ1) is 17.3. The van der Waals surface area contributed by atoms with E-state index in [1.54, 1.807) is 61.8 Å². The van der Waals surface area contributed by atoms with Crippen LogP contribution in [0.4, 0.5) is 0 Å². The lowest BCUT2D eigenvalue weighted by Gasteiger charge is -2.06. The van der Waals surface area contributed by atoms with Crippen LogP contribution in [0.25, 0.3) is 11.3 Å². The van der Waals surface area contributed by atoms with E-state index in [1.165, 1.54) is 13.1 Å². The molecule has 0 unspecified atom stereocenters. The first-order valence-electron chi connectivity index (χ1n) is 7.86. The van der Waals surface area contributed by atoms with Crippen LogP contribution in [-0.4, -0.2) is 28.8 Å². The van der Waals surface area contributed by atoms with Gasteiger partial charge in [-0.05, 0) is 48.5 Å². The van der Waals surface area contributed by atoms with Gasteiger partial charge in [0, 0.05) is 18.1 Å². The average molecular weight is 348 g/mol. The standard InChI is InChI=1S/C20H16N2O4/c1-13(23)26-17-9-3-14(4-10-17)18-11-21-12-19(22-18)20(24)15-5-7-16(25-2)8-6-15/h3-12H,1-2H3. The maximum Gasteiger partial charge on any atom is 0.308 e. The van der Waals surface area contributed by atoms with Crippen molar-refractivity contribution >= 4 is 11.8 Å². The molecule has 0 aliphatic rings. The Morgan fingerprint density at radius 1 is 0.885 bits per heavy atom. The highest BCUT2D eigenvalue weighted by Gasteiger charge is 2.13. The van der Waals surface area contributed by atoms with Crippen LogP contribution in [0.1, 0.15) is 23.0 Å². The number of esters is 1. The number of hydrogen-bond acceptors (Lipinski definition) is 6. The second-order valence-electron chi connectivity index (χ2n) is 5.47. The normalized spacial score (nSPS) is 10.2. The molecule has 0 saturated heterocycles. The highest BCUT2D eigenvalue weighted by atomic mass is 16.5. The largest absolute Gasteiger partial charge is 0.497 e. The van der Waals surface area contributed by atoms with E-state index < -0.39 is 0 Å². The number of hydrogen-bond donors (Lipinski definition) is 0. The smallest absolute Gasteiger partial charge is 0.308 e. The Morgan fingerprint density at radius 2 is 1.54 bits per heavy atom. The summed E-state index contributed by atoms with van der Waals surface area (Å²) in [6.07, 6.45) is 3.01. The summed E-state index contributed by atoms with van der Waals surface area (Å²) in [7, 11) is 1.57. The van der Waals surface area contributed by atoms with E-state index in [2.05, 4.69) is 9.97 Å². The zero-order chi connectivity index (χ0) is 18.5. The molecule has 0 spiro atoms. The van der Waals surface area contributed by atoms with Gasteiger partial charge in [0.15, 0.2) is 0 Å². The van der Waals surface area contributed by atoms with Crippen molar-refractivity contribution in [1.29, 1.82) is 0 Å². The van der Waals surface area contributed by atoms with E-state index in [0.29, 0.717) is 22.8 Å². The van der Waals surface area contributed by atoms with Crippen LogP contribution in [0, 0.1) is 0 Å². The third-order valence-corrected chi connectivity index (χ3v) is 3.63. The molecule has 0 atom stereocenters. The van der Waals surface area contributed by atoms with Gasteiger partial charge in [-0.2, -0.15) is 0 Å². The zero-order valence-electron chi connectivity index (χ0n) is 14.3. The van der Waals surface area contributed by atoms with E-state index in [9.17, 15) is 9.59 Å². The molecule has 1 aromatic heterocycles. The fourth-order valence-corrected chi connectivity index (χ4v) is 2.36. The quantitative estimate of drug-likeness (QED) is 0.400. The van der Waals surface area contributed by atoms with E-state index >= 15 is 0 Å². The van der Waals surface area contributed by atoms with Crippen molar-refractivity contribution in [2.75, 3.05) is 7.11 Å². The summed E-state index contributed by atoms with van der Waals surface area (Å²) in [4.78, 5) is 32.1. The number of nitrogens with zero attached hydrogens (tertiary/aromatic N) is 2. The van der Waals surface area contributed by atoms with Crippen molar-refractivity contribution in [3.63, 3.8) is 0 Å². The minimum atomic E-state index is -0.385. The number of carbonyl (C=O) groups is 2. The van der Waals surface area contributed by atoms with Crippen LogP contribution in [0.2, 0.25) is 0 Å². The molecule has 0 saturated carbocycles. The summed E-state index contributed by atoms with van der Waals surface area (Å²) in [6.45, 7) is 1.34. The Kier molecular flexibility index (Phi) is 5.03. The highest BCUT2D eigenvalue weighted by Crippen LogP contribution is 2.21. The van der Waals surface area contributed by atoms with Gasteiger partial charge in [-0.3, -0.25) is 14.6 Å². The Bertz CT molecular complexity index is 935. The molecule has 0 amide bonds. The molecular formula is C20H16N2O4. The van der Waals surface area contributed by atoms with Gasteiger partial charge >= 0.3 is 5.97 Å². The molecule has 0 bridgehead atoms. The Morgan fingerprint density at radius 3 is 2.15 bits per heavy atom. The Balaban J connectivity index is 1.85. The fraction of sp³-hybridized carbons (Fsp3) is 0.100. The zero-order valence-corrected chi connectivity index (χ0v) is 14.3. The molecule has 26 heavy (non-hydrogen) atoms. The molecule has 6 heteroatoms. The molecular weight excluding hydrogens is 332 g/mol. The topological polar surface area (TPSA) is 78.4 Å². The number of carbonyl (C=O) groups excluding carboxylic acids is 2. The van der Waals surface area contributed by atoms with E-state index in [4.69, 9.17) is 9.47 Å². The molecule has 0 fully saturated rings. The molecule has 0 N–H and O–H groups in total. The number of benzene rings is 2. The minimum absolute atomic E-state index is 0.224. The van der Waals surface area contributed by atoms with Crippen molar-refractivity contribution in [2.24, 2.45) is 0 Å². The van der Waals surface area contributed by atoms with E-state index in [0.717, 1.165) is 5.56 Å². The van der Waals surface area contributed by atoms with Crippen LogP contribution < -0.4 is 9.47 Å². The summed E-state index contributed by atoms with van der Waals surface area (Å²) in [6, 6.07) is 13.6. The SMILES string of the molecule is COc1ccc(C(=O)c2cncc(-c3ccc(OC(C)=O)cc3)n2)cc1. The number of aromatic nitrogens is 2. The maximum absolute atomic E-state index is 12.6. The lowest BCUT2D eigenvalue weighted by atomic mass is 10.1. The van der Waals surface area contributed by atoms with Crippen molar-refractivity contribution in [3.05, 3.63) is 72.2 Å². The van der Waals surface area contributed by atoms with Crippen molar-refractivity contribution < 1.29 is 19.1 Å². The molecule has 2 aromatic carbocycles. The van der Waals surface area contributed by atoms with Crippen molar-refractivity contribution in [3.8, 4) is 22.8 Å². The Labute approximate surface area is 150 Å². The van der Waals surface area contributed by atoms with Gasteiger partial charge in [-0.15, -0.1) is 0 Å². The van der Waals surface area contributed by atoms with Gasteiger partial charge in [0.05, 0.1) is 25.2 Å². The maximum atomic E-state index is 12.6. The van der Waals surface area contributed by atoms with Gasteiger partial charge in [0.2, 0.25) is 5.78 Å². The highest BCUT2D eigenvalue weighted by molar-refractivity contribution is 6.07. The second kappa shape index (κ2) is 7.57. The van der Waals surface area contributed by atoms with Crippen LogP contribution in [0.5, 0.6) is 11.5 Å². The predicted molar refractivity (Wildman–Crippen MR) is 95.2 cm³/mol. The summed E-state index contributed by atoms with van der Waals surface area (Å²) < 4.78 is 10.1. The van der Waals surface area contributed by atoms with Gasteiger partial charge in [-0.1, -0.05) is 0 Å². The summed E-state index contributed by atoms with van der Waals surface area (Å²) in [5, 5.41) is 0. The molecule has 0 aliphatic heterocycles. The second-order valence-corrected chi connectivity index (χ2v) is 5.47. The van der Waals surface area contributed by atoms with E-state index in [1.807, 2.05) is 0 Å². The molecule has 3 aromatic rings. The lowest BCUT2D eigenvalue weighted by molar-refractivity contribution is -0.131. The first-order chi connectivity index (χ1) is 12.6. The third kappa shape index (κ3) is 3.92. The number of ether oxygens (including phenoxy) is 2. The molecule has 3 rings (SSSR count). The van der Waals surface area contributed by atoms with Gasteiger partial charge < -0.3 is 9.47 Å². The van der Waals surface area contributed by atoms with Crippen LogP contribution in [0.15, 0.2) is 60.9 Å². The average Bonchev–Trinajstić information content (AvgIpc) is 2.68. The van der Waals surface area contributed by atoms with Crippen molar-refractivity contribution in [1.82, 2.24) is 9.97 Å². The minimum Gasteiger partial charge on any atom is -0.497 e. The first-order valence-corrected chi connectivity index (χ1v) is 7.86. The number of ketones is 1. The van der Waals surface area contributed by atoms with E-state index in [-0.39, 0.29) is 17.4 Å². The molecule has 0 aliphatic carbocycles. The lowest BCUT2D eigenvalue weighted by Crippen LogP contribution is -2.05. The molecule has 1 heterocycles.